The van der Waals surface area contributed by atoms with Crippen LogP contribution in [0.3, 0.4) is 0 Å². The molecule has 0 aromatic carbocycles. The molecule has 4 nitrogen and oxygen atoms in total. The van der Waals surface area contributed by atoms with Crippen molar-refractivity contribution >= 4 is 52.6 Å². The minimum atomic E-state index is 0. The molecule has 0 fully saturated rings. The highest BCUT2D eigenvalue weighted by Crippen LogP contribution is 2.13. The molecule has 0 radical (unpaired) electrons. The zero-order chi connectivity index (χ0) is 15.8. The van der Waals surface area contributed by atoms with Crippen molar-refractivity contribution in [3.05, 3.63) is 38.5 Å². The average molecular weight is 464 g/mol. The summed E-state index contributed by atoms with van der Waals surface area (Å²) in [7, 11) is 1.81. The van der Waals surface area contributed by atoms with E-state index < -0.39 is 0 Å². The molecule has 23 heavy (non-hydrogen) atoms. The van der Waals surface area contributed by atoms with Crippen LogP contribution in [-0.4, -0.2) is 31.1 Å². The molecule has 0 amide bonds. The Labute approximate surface area is 163 Å². The van der Waals surface area contributed by atoms with Gasteiger partial charge < -0.3 is 10.6 Å². The van der Waals surface area contributed by atoms with Gasteiger partial charge in [-0.25, -0.2) is 4.98 Å². The lowest BCUT2D eigenvalue weighted by Gasteiger charge is -2.15. The average Bonchev–Trinajstić information content (AvgIpc) is 3.14. The third-order valence-electron chi connectivity index (χ3n) is 3.27. The van der Waals surface area contributed by atoms with Gasteiger partial charge in [0.1, 0.15) is 0 Å². The quantitative estimate of drug-likeness (QED) is 0.373. The van der Waals surface area contributed by atoms with Crippen molar-refractivity contribution in [3.63, 3.8) is 0 Å². The Morgan fingerprint density at radius 2 is 2.22 bits per heavy atom. The molecule has 2 aromatic rings. The zero-order valence-electron chi connectivity index (χ0n) is 13.8. The van der Waals surface area contributed by atoms with Crippen LogP contribution in [-0.2, 0) is 12.8 Å². The molecule has 2 aromatic heterocycles. The molecule has 7 heteroatoms. The normalized spacial score (nSPS) is 12.6. The smallest absolute Gasteiger partial charge is 0.190 e. The summed E-state index contributed by atoms with van der Waals surface area (Å²) in [4.78, 5) is 11.4. The van der Waals surface area contributed by atoms with E-state index in [9.17, 15) is 0 Å². The molecule has 128 valence electrons. The molecule has 2 heterocycles. The molecule has 0 spiro atoms. The lowest BCUT2D eigenvalue weighted by atomic mass is 10.1. The molecular weight excluding hydrogens is 439 g/mol. The number of halogens is 1. The first-order chi connectivity index (χ1) is 10.7. The van der Waals surface area contributed by atoms with Gasteiger partial charge in [0, 0.05) is 42.5 Å². The second kappa shape index (κ2) is 11.0. The zero-order valence-corrected chi connectivity index (χ0v) is 17.8. The fourth-order valence-corrected chi connectivity index (χ4v) is 3.80. The van der Waals surface area contributed by atoms with Crippen molar-refractivity contribution in [3.8, 4) is 0 Å². The van der Waals surface area contributed by atoms with Gasteiger partial charge in [0.2, 0.25) is 0 Å². The van der Waals surface area contributed by atoms with Gasteiger partial charge in [-0.05, 0) is 30.7 Å². The van der Waals surface area contributed by atoms with Crippen LogP contribution in [0, 0.1) is 12.8 Å². The highest BCUT2D eigenvalue weighted by atomic mass is 127. The molecule has 0 saturated carbocycles. The van der Waals surface area contributed by atoms with Crippen LogP contribution < -0.4 is 10.6 Å². The predicted octanol–water partition coefficient (Wildman–Crippen LogP) is 3.72. The Morgan fingerprint density at radius 1 is 1.39 bits per heavy atom. The number of aromatic nitrogens is 1. The van der Waals surface area contributed by atoms with Gasteiger partial charge in [0.25, 0.3) is 0 Å². The lowest BCUT2D eigenvalue weighted by molar-refractivity contribution is 0.562. The second-order valence-electron chi connectivity index (χ2n) is 5.38. The number of aliphatic imine (C=N–C) groups is 1. The van der Waals surface area contributed by atoms with E-state index in [1.165, 1.54) is 14.8 Å². The maximum Gasteiger partial charge on any atom is 0.190 e. The Hall–Kier alpha value is -0.670. The number of rotatable bonds is 7. The molecule has 0 bridgehead atoms. The van der Waals surface area contributed by atoms with Crippen molar-refractivity contribution in [1.82, 2.24) is 15.6 Å². The standard InChI is InChI=1S/C16H24N4S2.HI/c1-12(9-14-5-4-8-21-14)10-20-16(17-3)18-7-6-15-19-11-13(2)22-15;/h4-5,8,11-12H,6-7,9-10H2,1-3H3,(H2,17,18,20);1H. The van der Waals surface area contributed by atoms with E-state index in [1.54, 1.807) is 11.3 Å². The first kappa shape index (κ1) is 20.4. The fourth-order valence-electron chi connectivity index (χ4n) is 2.14. The molecule has 1 unspecified atom stereocenters. The van der Waals surface area contributed by atoms with E-state index in [0.29, 0.717) is 5.92 Å². The van der Waals surface area contributed by atoms with E-state index in [2.05, 4.69) is 52.0 Å². The summed E-state index contributed by atoms with van der Waals surface area (Å²) in [6, 6.07) is 4.31. The van der Waals surface area contributed by atoms with E-state index >= 15 is 0 Å². The minimum Gasteiger partial charge on any atom is -0.356 e. The van der Waals surface area contributed by atoms with Crippen molar-refractivity contribution in [2.75, 3.05) is 20.1 Å². The first-order valence-corrected chi connectivity index (χ1v) is 9.25. The first-order valence-electron chi connectivity index (χ1n) is 7.55. The number of nitrogens with one attached hydrogen (secondary N) is 2. The Balaban J connectivity index is 0.00000264. The van der Waals surface area contributed by atoms with E-state index in [1.807, 2.05) is 24.6 Å². The van der Waals surface area contributed by atoms with Crippen LogP contribution >= 0.6 is 46.7 Å². The Morgan fingerprint density at radius 3 is 2.83 bits per heavy atom. The van der Waals surface area contributed by atoms with Crippen LogP contribution in [0.2, 0.25) is 0 Å². The lowest BCUT2D eigenvalue weighted by Crippen LogP contribution is -2.40. The second-order valence-corrected chi connectivity index (χ2v) is 7.73. The molecule has 2 N–H and O–H groups in total. The number of aryl methyl sites for hydroxylation is 1. The highest BCUT2D eigenvalue weighted by molar-refractivity contribution is 14.0. The third kappa shape index (κ3) is 7.63. The van der Waals surface area contributed by atoms with Gasteiger partial charge in [-0.2, -0.15) is 0 Å². The summed E-state index contributed by atoms with van der Waals surface area (Å²) in [6.07, 6.45) is 3.98. The summed E-state index contributed by atoms with van der Waals surface area (Å²) in [5, 5.41) is 10.1. The molecule has 0 aliphatic rings. The Bertz CT molecular complexity index is 581. The maximum absolute atomic E-state index is 4.37. The van der Waals surface area contributed by atoms with E-state index in [-0.39, 0.29) is 24.0 Å². The predicted molar refractivity (Wildman–Crippen MR) is 113 cm³/mol. The maximum atomic E-state index is 4.37. The summed E-state index contributed by atoms with van der Waals surface area (Å²) >= 11 is 3.58. The van der Waals surface area contributed by atoms with Gasteiger partial charge in [0.15, 0.2) is 5.96 Å². The van der Waals surface area contributed by atoms with Crippen LogP contribution in [0.5, 0.6) is 0 Å². The van der Waals surface area contributed by atoms with Crippen molar-refractivity contribution in [2.45, 2.75) is 26.7 Å². The van der Waals surface area contributed by atoms with E-state index in [0.717, 1.165) is 31.9 Å². The SMILES string of the molecule is CN=C(NCCc1ncc(C)s1)NCC(C)Cc1cccs1.I. The van der Waals surface area contributed by atoms with Gasteiger partial charge >= 0.3 is 0 Å². The molecule has 0 saturated heterocycles. The van der Waals surface area contributed by atoms with Gasteiger partial charge in [-0.3, -0.25) is 4.99 Å². The number of nitrogens with zero attached hydrogens (tertiary/aromatic N) is 2. The van der Waals surface area contributed by atoms with Crippen LogP contribution in [0.25, 0.3) is 0 Å². The topological polar surface area (TPSA) is 49.3 Å². The van der Waals surface area contributed by atoms with Crippen molar-refractivity contribution < 1.29 is 0 Å². The number of hydrogen-bond acceptors (Lipinski definition) is 4. The van der Waals surface area contributed by atoms with Crippen molar-refractivity contribution in [2.24, 2.45) is 10.9 Å². The fraction of sp³-hybridized carbons (Fsp3) is 0.500. The highest BCUT2D eigenvalue weighted by Gasteiger charge is 2.06. The largest absolute Gasteiger partial charge is 0.356 e. The summed E-state index contributed by atoms with van der Waals surface area (Å²) in [5.41, 5.74) is 0. The molecule has 1 atom stereocenters. The number of hydrogen-bond donors (Lipinski definition) is 2. The summed E-state index contributed by atoms with van der Waals surface area (Å²) < 4.78 is 0. The minimum absolute atomic E-state index is 0. The van der Waals surface area contributed by atoms with Crippen LogP contribution in [0.1, 0.15) is 21.7 Å². The van der Waals surface area contributed by atoms with Gasteiger partial charge in [-0.15, -0.1) is 46.7 Å². The van der Waals surface area contributed by atoms with Gasteiger partial charge in [0.05, 0.1) is 5.01 Å². The summed E-state index contributed by atoms with van der Waals surface area (Å²) in [5.74, 6) is 1.45. The summed E-state index contributed by atoms with van der Waals surface area (Å²) in [6.45, 7) is 6.13. The van der Waals surface area contributed by atoms with Gasteiger partial charge in [-0.1, -0.05) is 13.0 Å². The van der Waals surface area contributed by atoms with E-state index in [4.69, 9.17) is 0 Å². The Kier molecular flexibility index (Phi) is 9.73. The van der Waals surface area contributed by atoms with Crippen LogP contribution in [0.4, 0.5) is 0 Å². The number of thiazole rings is 1. The molecule has 0 aliphatic carbocycles. The molecule has 0 aliphatic heterocycles. The van der Waals surface area contributed by atoms with Crippen LogP contribution in [0.15, 0.2) is 28.7 Å². The molecule has 2 rings (SSSR count). The number of guanidine groups is 1. The monoisotopic (exact) mass is 464 g/mol. The molecular formula is C16H25IN4S2. The van der Waals surface area contributed by atoms with Crippen molar-refractivity contribution in [1.29, 1.82) is 0 Å². The third-order valence-corrected chi connectivity index (χ3v) is 5.14. The number of thiophene rings is 1.